The van der Waals surface area contributed by atoms with Crippen molar-refractivity contribution < 1.29 is 27.6 Å². The van der Waals surface area contributed by atoms with Crippen molar-refractivity contribution in [2.75, 3.05) is 7.11 Å². The molecule has 0 aliphatic carbocycles. The summed E-state index contributed by atoms with van der Waals surface area (Å²) in [5, 5.41) is 13.8. The second-order valence-corrected chi connectivity index (χ2v) is 10.2. The molecular weight excluding hydrogens is 474 g/mol. The van der Waals surface area contributed by atoms with Gasteiger partial charge in [0.15, 0.2) is 0 Å². The Morgan fingerprint density at radius 2 is 1.63 bits per heavy atom. The Labute approximate surface area is 203 Å². The Hall–Kier alpha value is -4.12. The van der Waals surface area contributed by atoms with Gasteiger partial charge < -0.3 is 14.8 Å². The van der Waals surface area contributed by atoms with E-state index in [4.69, 9.17) is 9.47 Å². The minimum absolute atomic E-state index is 0.187. The van der Waals surface area contributed by atoms with Gasteiger partial charge in [0, 0.05) is 23.2 Å². The number of amides is 2. The summed E-state index contributed by atoms with van der Waals surface area (Å²) in [6.45, 7) is 5.03. The van der Waals surface area contributed by atoms with Gasteiger partial charge in [0.05, 0.1) is 12.0 Å². The number of benzene rings is 3. The zero-order valence-electron chi connectivity index (χ0n) is 19.6. The van der Waals surface area contributed by atoms with E-state index in [0.717, 1.165) is 17.7 Å². The molecule has 11 heteroatoms. The molecule has 0 radical (unpaired) electrons. The number of ether oxygens (including phenoxy) is 2. The first-order chi connectivity index (χ1) is 16.4. The van der Waals surface area contributed by atoms with Crippen LogP contribution in [0.25, 0.3) is 11.1 Å². The number of nitrogens with zero attached hydrogens (tertiary/aromatic N) is 1. The highest BCUT2D eigenvalue weighted by Crippen LogP contribution is 2.37. The van der Waals surface area contributed by atoms with E-state index in [1.165, 1.54) is 6.07 Å². The maximum Gasteiger partial charge on any atom is 0.329 e. The Morgan fingerprint density at radius 1 is 0.971 bits per heavy atom. The van der Waals surface area contributed by atoms with Gasteiger partial charge in [0.2, 0.25) is 0 Å². The van der Waals surface area contributed by atoms with Crippen molar-refractivity contribution in [3.63, 3.8) is 0 Å². The fraction of sp³-hybridized carbons (Fsp3) is 0.208. The molecule has 0 saturated carbocycles. The number of sulfonamides is 1. The second-order valence-electron chi connectivity index (χ2n) is 8.52. The molecule has 0 aliphatic heterocycles. The summed E-state index contributed by atoms with van der Waals surface area (Å²) in [5.41, 5.74) is 0.238. The number of non-ortho nitro benzene ring substituents is 1. The Morgan fingerprint density at radius 3 is 2.23 bits per heavy atom. The van der Waals surface area contributed by atoms with Crippen LogP contribution < -0.4 is 19.5 Å². The largest absolute Gasteiger partial charge is 0.497 e. The van der Waals surface area contributed by atoms with Gasteiger partial charge in [-0.15, -0.1) is 0 Å². The van der Waals surface area contributed by atoms with Gasteiger partial charge in [0.25, 0.3) is 15.7 Å². The summed E-state index contributed by atoms with van der Waals surface area (Å²) in [6.07, 6.45) is 0. The summed E-state index contributed by atoms with van der Waals surface area (Å²) in [5.74, 6) is 0.783. The van der Waals surface area contributed by atoms with Crippen LogP contribution in [0.1, 0.15) is 20.8 Å². The second kappa shape index (κ2) is 10.0. The van der Waals surface area contributed by atoms with Crippen LogP contribution in [0.3, 0.4) is 0 Å². The number of nitrogens with one attached hydrogen (secondary N) is 2. The first kappa shape index (κ1) is 25.5. The Balaban J connectivity index is 2.04. The number of para-hydroxylation sites is 1. The molecule has 184 valence electrons. The molecule has 0 unspecified atom stereocenters. The van der Waals surface area contributed by atoms with Crippen molar-refractivity contribution in [2.45, 2.75) is 31.2 Å². The Kier molecular flexibility index (Phi) is 7.30. The van der Waals surface area contributed by atoms with Crippen LogP contribution in [-0.4, -0.2) is 32.0 Å². The molecule has 0 saturated heterocycles. The number of nitro benzene ring substituents is 1. The summed E-state index contributed by atoms with van der Waals surface area (Å²) in [7, 11) is -2.98. The van der Waals surface area contributed by atoms with Gasteiger partial charge in [-0.05, 0) is 50.6 Å². The number of urea groups is 1. The monoisotopic (exact) mass is 499 g/mol. The van der Waals surface area contributed by atoms with E-state index in [-0.39, 0.29) is 5.75 Å². The molecule has 0 spiro atoms. The summed E-state index contributed by atoms with van der Waals surface area (Å²) in [6, 6.07) is 16.2. The molecule has 3 aromatic rings. The van der Waals surface area contributed by atoms with Crippen LogP contribution in [0.4, 0.5) is 10.5 Å². The molecule has 0 heterocycles. The lowest BCUT2D eigenvalue weighted by Crippen LogP contribution is -2.48. The molecule has 3 rings (SSSR count). The van der Waals surface area contributed by atoms with Crippen LogP contribution in [-0.2, 0) is 10.0 Å². The first-order valence-electron chi connectivity index (χ1n) is 10.4. The van der Waals surface area contributed by atoms with Gasteiger partial charge in [0.1, 0.15) is 22.1 Å². The number of hydrogen-bond donors (Lipinski definition) is 2. The van der Waals surface area contributed by atoms with Crippen molar-refractivity contribution in [1.29, 1.82) is 0 Å². The van der Waals surface area contributed by atoms with Gasteiger partial charge in [-0.25, -0.2) is 17.9 Å². The van der Waals surface area contributed by atoms with Gasteiger partial charge >= 0.3 is 6.03 Å². The number of rotatable bonds is 7. The SMILES string of the molecule is COc1ccc(-c2ccccc2Oc2ccc([N+](=O)[O-])cc2S(=O)(=O)NC(=O)NC(C)(C)C)cc1. The minimum Gasteiger partial charge on any atom is -0.497 e. The smallest absolute Gasteiger partial charge is 0.329 e. The van der Waals surface area contributed by atoms with Crippen LogP contribution in [0.5, 0.6) is 17.2 Å². The molecular formula is C24H25N3O7S. The van der Waals surface area contributed by atoms with Crippen molar-refractivity contribution in [1.82, 2.24) is 10.0 Å². The molecule has 35 heavy (non-hydrogen) atoms. The zero-order valence-corrected chi connectivity index (χ0v) is 20.4. The van der Waals surface area contributed by atoms with E-state index in [0.29, 0.717) is 17.1 Å². The van der Waals surface area contributed by atoms with Crippen molar-refractivity contribution in [3.05, 3.63) is 76.8 Å². The average Bonchev–Trinajstić information content (AvgIpc) is 2.78. The van der Waals surface area contributed by atoms with E-state index in [1.807, 2.05) is 16.9 Å². The number of hydrogen-bond acceptors (Lipinski definition) is 7. The highest BCUT2D eigenvalue weighted by molar-refractivity contribution is 7.90. The molecule has 0 aromatic heterocycles. The van der Waals surface area contributed by atoms with E-state index < -0.39 is 37.1 Å². The van der Waals surface area contributed by atoms with Gasteiger partial charge in [-0.1, -0.05) is 30.3 Å². The van der Waals surface area contributed by atoms with Crippen LogP contribution >= 0.6 is 0 Å². The maximum atomic E-state index is 13.1. The molecule has 2 amide bonds. The third kappa shape index (κ3) is 6.48. The predicted octanol–water partition coefficient (Wildman–Crippen LogP) is 4.85. The first-order valence-corrected chi connectivity index (χ1v) is 11.9. The van der Waals surface area contributed by atoms with E-state index >= 15 is 0 Å². The lowest BCUT2D eigenvalue weighted by atomic mass is 10.0. The number of carbonyl (C=O) groups is 1. The lowest BCUT2D eigenvalue weighted by Gasteiger charge is -2.21. The molecule has 0 fully saturated rings. The van der Waals surface area contributed by atoms with Gasteiger partial charge in [-0.3, -0.25) is 10.1 Å². The van der Waals surface area contributed by atoms with E-state index in [1.54, 1.807) is 64.3 Å². The molecule has 0 bridgehead atoms. The average molecular weight is 500 g/mol. The lowest BCUT2D eigenvalue weighted by molar-refractivity contribution is -0.385. The number of methoxy groups -OCH3 is 1. The number of nitro groups is 1. The third-order valence-electron chi connectivity index (χ3n) is 4.65. The maximum absolute atomic E-state index is 13.1. The normalized spacial score (nSPS) is 11.4. The van der Waals surface area contributed by atoms with Crippen molar-refractivity contribution in [2.24, 2.45) is 0 Å². The van der Waals surface area contributed by atoms with Crippen LogP contribution in [0.15, 0.2) is 71.6 Å². The Bertz CT molecular complexity index is 1350. The topological polar surface area (TPSA) is 137 Å². The highest BCUT2D eigenvalue weighted by atomic mass is 32.2. The third-order valence-corrected chi connectivity index (χ3v) is 6.00. The summed E-state index contributed by atoms with van der Waals surface area (Å²) in [4.78, 5) is 22.3. The molecule has 0 atom stereocenters. The van der Waals surface area contributed by atoms with Crippen molar-refractivity contribution in [3.8, 4) is 28.4 Å². The molecule has 2 N–H and O–H groups in total. The zero-order chi connectivity index (χ0) is 25.8. The quantitative estimate of drug-likeness (QED) is 0.350. The fourth-order valence-electron chi connectivity index (χ4n) is 3.13. The molecule has 3 aromatic carbocycles. The van der Waals surface area contributed by atoms with Crippen LogP contribution in [0, 0.1) is 10.1 Å². The predicted molar refractivity (Wildman–Crippen MR) is 130 cm³/mol. The van der Waals surface area contributed by atoms with Crippen molar-refractivity contribution >= 4 is 21.7 Å². The fourth-order valence-corrected chi connectivity index (χ4v) is 4.19. The molecule has 10 nitrogen and oxygen atoms in total. The van der Waals surface area contributed by atoms with Gasteiger partial charge in [-0.2, -0.15) is 0 Å². The van der Waals surface area contributed by atoms with E-state index in [9.17, 15) is 23.3 Å². The highest BCUT2D eigenvalue weighted by Gasteiger charge is 2.27. The van der Waals surface area contributed by atoms with E-state index in [2.05, 4.69) is 5.32 Å². The van der Waals surface area contributed by atoms with Crippen LogP contribution in [0.2, 0.25) is 0 Å². The standard InChI is InChI=1S/C24H25N3O7S/c1-24(2,3)25-23(28)26-35(31,32)22-15-17(27(29)30)11-14-21(22)34-20-8-6-5-7-19(20)16-9-12-18(33-4)13-10-16/h5-15H,1-4H3,(H2,25,26,28). The summed E-state index contributed by atoms with van der Waals surface area (Å²) >= 11 is 0. The number of carbonyl (C=O) groups excluding carboxylic acids is 1. The summed E-state index contributed by atoms with van der Waals surface area (Å²) < 4.78 is 39.1. The molecule has 0 aliphatic rings. The minimum atomic E-state index is -4.53.